The average Bonchev–Trinajstić information content (AvgIpc) is 3.06. The second kappa shape index (κ2) is 8.98. The Bertz CT molecular complexity index is 745. The Labute approximate surface area is 150 Å². The number of halogens is 1. The number of H-pyrrole nitrogens is 1. The number of aromatic nitrogens is 1. The second-order valence-corrected chi connectivity index (χ2v) is 5.64. The van der Waals surface area contributed by atoms with E-state index in [0.717, 1.165) is 12.8 Å². The first kappa shape index (κ1) is 18.7. The molecular formula is C17H20ClN3O4. The maximum absolute atomic E-state index is 12.2. The standard InChI is InChI=1S/C17H20ClN3O4/c1-3-4-7-25-14-6-5-11(8-15(14)24-2)16(22)20-21-17(23)13-9-12(18)10-19-13/h5-6,8-10,19H,3-4,7H2,1-2H3,(H,20,22)(H,21,23). The van der Waals surface area contributed by atoms with Crippen LogP contribution in [0.3, 0.4) is 0 Å². The van der Waals surface area contributed by atoms with Crippen molar-refractivity contribution in [3.8, 4) is 11.5 Å². The van der Waals surface area contributed by atoms with Gasteiger partial charge in [-0.1, -0.05) is 24.9 Å². The Balaban J connectivity index is 1.97. The summed E-state index contributed by atoms with van der Waals surface area (Å²) in [6.07, 6.45) is 3.43. The highest BCUT2D eigenvalue weighted by Crippen LogP contribution is 2.28. The minimum atomic E-state index is -0.508. The lowest BCUT2D eigenvalue weighted by Gasteiger charge is -2.12. The number of nitrogens with one attached hydrogen (secondary N) is 3. The predicted octanol–water partition coefficient (Wildman–Crippen LogP) is 2.93. The molecule has 0 aliphatic rings. The first-order chi connectivity index (χ1) is 12.0. The Hall–Kier alpha value is -2.67. The fourth-order valence-corrected chi connectivity index (χ4v) is 2.17. The van der Waals surface area contributed by atoms with Gasteiger partial charge in [0.15, 0.2) is 11.5 Å². The molecule has 0 bridgehead atoms. The molecule has 134 valence electrons. The molecule has 0 unspecified atom stereocenters. The van der Waals surface area contributed by atoms with Gasteiger partial charge in [-0.05, 0) is 30.7 Å². The van der Waals surface area contributed by atoms with Crippen molar-refractivity contribution >= 4 is 23.4 Å². The number of aromatic amines is 1. The van der Waals surface area contributed by atoms with Crippen molar-refractivity contribution in [3.63, 3.8) is 0 Å². The summed E-state index contributed by atoms with van der Waals surface area (Å²) >= 11 is 5.73. The molecule has 0 aliphatic carbocycles. The van der Waals surface area contributed by atoms with Gasteiger partial charge in [-0.3, -0.25) is 20.4 Å². The Morgan fingerprint density at radius 1 is 1.16 bits per heavy atom. The van der Waals surface area contributed by atoms with Crippen molar-refractivity contribution in [1.29, 1.82) is 0 Å². The van der Waals surface area contributed by atoms with E-state index in [-0.39, 0.29) is 5.69 Å². The molecule has 1 heterocycles. The van der Waals surface area contributed by atoms with Crippen LogP contribution in [0.2, 0.25) is 5.02 Å². The highest BCUT2D eigenvalue weighted by atomic mass is 35.5. The summed E-state index contributed by atoms with van der Waals surface area (Å²) in [7, 11) is 1.50. The molecule has 1 aromatic carbocycles. The average molecular weight is 366 g/mol. The molecule has 0 spiro atoms. The van der Waals surface area contributed by atoms with Crippen LogP contribution in [0.4, 0.5) is 0 Å². The molecule has 0 atom stereocenters. The van der Waals surface area contributed by atoms with Gasteiger partial charge in [0, 0.05) is 11.8 Å². The number of hydrazine groups is 1. The molecule has 1 aromatic heterocycles. The van der Waals surface area contributed by atoms with Crippen molar-refractivity contribution in [2.45, 2.75) is 19.8 Å². The number of methoxy groups -OCH3 is 1. The van der Waals surface area contributed by atoms with Gasteiger partial charge in [0.05, 0.1) is 18.7 Å². The zero-order valence-electron chi connectivity index (χ0n) is 14.0. The van der Waals surface area contributed by atoms with Gasteiger partial charge >= 0.3 is 0 Å². The van der Waals surface area contributed by atoms with E-state index in [2.05, 4.69) is 22.8 Å². The summed E-state index contributed by atoms with van der Waals surface area (Å²) < 4.78 is 10.9. The minimum absolute atomic E-state index is 0.238. The number of benzene rings is 1. The number of carbonyl (C=O) groups is 2. The molecular weight excluding hydrogens is 346 g/mol. The normalized spacial score (nSPS) is 10.2. The lowest BCUT2D eigenvalue weighted by molar-refractivity contribution is 0.0844. The van der Waals surface area contributed by atoms with Crippen LogP contribution in [0.1, 0.15) is 40.6 Å². The summed E-state index contributed by atoms with van der Waals surface area (Å²) in [4.78, 5) is 26.7. The maximum Gasteiger partial charge on any atom is 0.286 e. The van der Waals surface area contributed by atoms with Gasteiger partial charge < -0.3 is 14.5 Å². The first-order valence-corrected chi connectivity index (χ1v) is 8.18. The molecule has 3 N–H and O–H groups in total. The SMILES string of the molecule is CCCCOc1ccc(C(=O)NNC(=O)c2cc(Cl)c[nH]2)cc1OC. The zero-order chi connectivity index (χ0) is 18.2. The molecule has 2 amide bonds. The molecule has 0 saturated heterocycles. The van der Waals surface area contributed by atoms with E-state index in [1.165, 1.54) is 19.4 Å². The first-order valence-electron chi connectivity index (χ1n) is 7.80. The van der Waals surface area contributed by atoms with Crippen LogP contribution in [0, 0.1) is 0 Å². The second-order valence-electron chi connectivity index (χ2n) is 5.21. The highest BCUT2D eigenvalue weighted by molar-refractivity contribution is 6.30. The van der Waals surface area contributed by atoms with Crippen LogP contribution in [0.25, 0.3) is 0 Å². The Morgan fingerprint density at radius 2 is 1.92 bits per heavy atom. The number of rotatable bonds is 7. The Kier molecular flexibility index (Phi) is 6.71. The van der Waals surface area contributed by atoms with Gasteiger partial charge in [-0.15, -0.1) is 0 Å². The minimum Gasteiger partial charge on any atom is -0.493 e. The van der Waals surface area contributed by atoms with Gasteiger partial charge in [-0.2, -0.15) is 0 Å². The quantitative estimate of drug-likeness (QED) is 0.519. The summed E-state index contributed by atoms with van der Waals surface area (Å²) in [5, 5.41) is 0.403. The molecule has 2 aromatic rings. The summed E-state index contributed by atoms with van der Waals surface area (Å²) in [6.45, 7) is 2.65. The third-order valence-corrected chi connectivity index (χ3v) is 3.58. The van der Waals surface area contributed by atoms with Crippen LogP contribution in [0.15, 0.2) is 30.5 Å². The van der Waals surface area contributed by atoms with Gasteiger partial charge in [-0.25, -0.2) is 0 Å². The maximum atomic E-state index is 12.2. The summed E-state index contributed by atoms with van der Waals surface area (Å²) in [5.41, 5.74) is 5.20. The zero-order valence-corrected chi connectivity index (χ0v) is 14.8. The number of hydrogen-bond acceptors (Lipinski definition) is 4. The van der Waals surface area contributed by atoms with E-state index in [9.17, 15) is 9.59 Å². The molecule has 0 radical (unpaired) electrons. The third kappa shape index (κ3) is 5.15. The molecule has 2 rings (SSSR count). The van der Waals surface area contributed by atoms with E-state index < -0.39 is 11.8 Å². The number of hydrogen-bond donors (Lipinski definition) is 3. The van der Waals surface area contributed by atoms with Crippen LogP contribution in [0.5, 0.6) is 11.5 Å². The van der Waals surface area contributed by atoms with Crippen LogP contribution >= 0.6 is 11.6 Å². The lowest BCUT2D eigenvalue weighted by Crippen LogP contribution is -2.41. The molecule has 0 fully saturated rings. The van der Waals surface area contributed by atoms with Crippen molar-refractivity contribution in [2.24, 2.45) is 0 Å². The fraction of sp³-hybridized carbons (Fsp3) is 0.294. The van der Waals surface area contributed by atoms with Crippen molar-refractivity contribution in [3.05, 3.63) is 46.7 Å². The smallest absolute Gasteiger partial charge is 0.286 e. The topological polar surface area (TPSA) is 92.5 Å². The largest absolute Gasteiger partial charge is 0.493 e. The third-order valence-electron chi connectivity index (χ3n) is 3.36. The van der Waals surface area contributed by atoms with E-state index >= 15 is 0 Å². The van der Waals surface area contributed by atoms with E-state index in [0.29, 0.717) is 28.7 Å². The Morgan fingerprint density at radius 3 is 2.56 bits per heavy atom. The van der Waals surface area contributed by atoms with Crippen molar-refractivity contribution in [1.82, 2.24) is 15.8 Å². The van der Waals surface area contributed by atoms with Gasteiger partial charge in [0.2, 0.25) is 0 Å². The van der Waals surface area contributed by atoms with E-state index in [4.69, 9.17) is 21.1 Å². The number of carbonyl (C=O) groups excluding carboxylic acids is 2. The monoisotopic (exact) mass is 365 g/mol. The molecule has 0 aliphatic heterocycles. The van der Waals surface area contributed by atoms with Crippen LogP contribution in [-0.4, -0.2) is 30.5 Å². The van der Waals surface area contributed by atoms with Crippen molar-refractivity contribution in [2.75, 3.05) is 13.7 Å². The fourth-order valence-electron chi connectivity index (χ4n) is 2.01. The number of unbranched alkanes of at least 4 members (excludes halogenated alkanes) is 1. The molecule has 7 nitrogen and oxygen atoms in total. The highest BCUT2D eigenvalue weighted by Gasteiger charge is 2.13. The van der Waals surface area contributed by atoms with E-state index in [1.54, 1.807) is 18.2 Å². The summed E-state index contributed by atoms with van der Waals surface area (Å²) in [6, 6.07) is 6.26. The molecule has 8 heteroatoms. The van der Waals surface area contributed by atoms with Gasteiger partial charge in [0.25, 0.3) is 11.8 Å². The van der Waals surface area contributed by atoms with Crippen molar-refractivity contribution < 1.29 is 19.1 Å². The number of ether oxygens (including phenoxy) is 2. The van der Waals surface area contributed by atoms with E-state index in [1.807, 2.05) is 0 Å². The predicted molar refractivity (Wildman–Crippen MR) is 94.1 cm³/mol. The van der Waals surface area contributed by atoms with Crippen LogP contribution in [-0.2, 0) is 0 Å². The summed E-state index contributed by atoms with van der Waals surface area (Å²) in [5.74, 6) is 0.0277. The number of amides is 2. The van der Waals surface area contributed by atoms with Crippen LogP contribution < -0.4 is 20.3 Å². The lowest BCUT2D eigenvalue weighted by atomic mass is 10.2. The van der Waals surface area contributed by atoms with Gasteiger partial charge in [0.1, 0.15) is 5.69 Å². The molecule has 0 saturated carbocycles. The molecule has 25 heavy (non-hydrogen) atoms.